The van der Waals surface area contributed by atoms with E-state index in [4.69, 9.17) is 14.7 Å². The Morgan fingerprint density at radius 1 is 1.08 bits per heavy atom. The third-order valence-corrected chi connectivity index (χ3v) is 6.87. The largest absolute Gasteiger partial charge is 0.377 e. The number of morpholine rings is 1. The van der Waals surface area contributed by atoms with Crippen molar-refractivity contribution in [3.05, 3.63) is 76.2 Å². The fraction of sp³-hybridized carbons (Fsp3) is 0.333. The van der Waals surface area contributed by atoms with Gasteiger partial charge in [0.05, 0.1) is 31.5 Å². The maximum Gasteiger partial charge on any atom is 0.252 e. The van der Waals surface area contributed by atoms with Gasteiger partial charge in [0.1, 0.15) is 18.0 Å². The van der Waals surface area contributed by atoms with E-state index < -0.39 is 0 Å². The van der Waals surface area contributed by atoms with Crippen molar-refractivity contribution >= 4 is 23.3 Å². The molecule has 3 aromatic heterocycles. The van der Waals surface area contributed by atoms with E-state index in [0.717, 1.165) is 53.8 Å². The summed E-state index contributed by atoms with van der Waals surface area (Å²) in [6.45, 7) is 7.80. The fourth-order valence-electron chi connectivity index (χ4n) is 4.90. The number of hydrogen-bond acceptors (Lipinski definition) is 10. The first-order valence-corrected chi connectivity index (χ1v) is 12.7. The zero-order valence-corrected chi connectivity index (χ0v) is 21.4. The van der Waals surface area contributed by atoms with Gasteiger partial charge in [0, 0.05) is 53.9 Å². The summed E-state index contributed by atoms with van der Waals surface area (Å²) in [6.07, 6.45) is 3.92. The number of hydrogen-bond donors (Lipinski definition) is 2. The zero-order valence-electron chi connectivity index (χ0n) is 21.4. The first-order chi connectivity index (χ1) is 18.5. The molecule has 0 saturated carbocycles. The zero-order chi connectivity index (χ0) is 26.1. The van der Waals surface area contributed by atoms with Crippen molar-refractivity contribution in [2.75, 3.05) is 41.4 Å². The number of anilines is 4. The van der Waals surface area contributed by atoms with Crippen molar-refractivity contribution in [3.8, 4) is 11.4 Å². The number of aromatic nitrogens is 6. The third-order valence-electron chi connectivity index (χ3n) is 6.87. The molecule has 0 unspecified atom stereocenters. The van der Waals surface area contributed by atoms with Gasteiger partial charge in [-0.3, -0.25) is 9.78 Å². The molecular formula is C27H29N9O2. The summed E-state index contributed by atoms with van der Waals surface area (Å²) in [4.78, 5) is 41.9. The van der Waals surface area contributed by atoms with E-state index >= 15 is 0 Å². The molecule has 0 aliphatic carbocycles. The van der Waals surface area contributed by atoms with E-state index in [0.29, 0.717) is 31.5 Å². The molecule has 194 valence electrons. The predicted octanol–water partition coefficient (Wildman–Crippen LogP) is 2.86. The van der Waals surface area contributed by atoms with Crippen LogP contribution < -0.4 is 20.7 Å². The van der Waals surface area contributed by atoms with Gasteiger partial charge in [-0.05, 0) is 44.5 Å². The second kappa shape index (κ2) is 10.2. The van der Waals surface area contributed by atoms with Crippen molar-refractivity contribution in [2.24, 2.45) is 0 Å². The molecular weight excluding hydrogens is 482 g/mol. The molecule has 0 bridgehead atoms. The number of benzene rings is 1. The van der Waals surface area contributed by atoms with Crippen LogP contribution in [0.15, 0.2) is 53.7 Å². The number of H-pyrrole nitrogens is 1. The number of aryl methyl sites for hydroxylation is 1. The van der Waals surface area contributed by atoms with Crippen molar-refractivity contribution in [2.45, 2.75) is 32.9 Å². The average molecular weight is 512 g/mol. The molecule has 2 aliphatic rings. The summed E-state index contributed by atoms with van der Waals surface area (Å²) < 4.78 is 5.71. The van der Waals surface area contributed by atoms with E-state index in [1.54, 1.807) is 6.33 Å². The van der Waals surface area contributed by atoms with Crippen LogP contribution in [0, 0.1) is 6.92 Å². The van der Waals surface area contributed by atoms with Crippen molar-refractivity contribution in [1.29, 1.82) is 0 Å². The lowest BCUT2D eigenvalue weighted by molar-refractivity contribution is 0.0984. The Balaban J connectivity index is 1.35. The van der Waals surface area contributed by atoms with E-state index in [-0.39, 0.29) is 11.6 Å². The fourth-order valence-corrected chi connectivity index (χ4v) is 4.90. The molecule has 1 fully saturated rings. The third kappa shape index (κ3) is 4.92. The Kier molecular flexibility index (Phi) is 6.42. The molecule has 4 aromatic rings. The normalized spacial score (nSPS) is 17.3. The molecule has 0 amide bonds. The smallest absolute Gasteiger partial charge is 0.252 e. The van der Waals surface area contributed by atoms with Crippen LogP contribution in [-0.2, 0) is 17.7 Å². The van der Waals surface area contributed by atoms with Gasteiger partial charge >= 0.3 is 0 Å². The Morgan fingerprint density at radius 3 is 2.74 bits per heavy atom. The second-order valence-electron chi connectivity index (χ2n) is 9.59. The van der Waals surface area contributed by atoms with E-state index in [1.165, 1.54) is 17.8 Å². The molecule has 1 aromatic carbocycles. The molecule has 6 rings (SSSR count). The van der Waals surface area contributed by atoms with Gasteiger partial charge in [-0.1, -0.05) is 0 Å². The van der Waals surface area contributed by atoms with Gasteiger partial charge in [0.2, 0.25) is 5.95 Å². The Hall–Kier alpha value is -4.38. The Bertz CT molecular complexity index is 1510. The second-order valence-corrected chi connectivity index (χ2v) is 9.59. The van der Waals surface area contributed by atoms with E-state index in [1.807, 2.05) is 37.3 Å². The highest BCUT2D eigenvalue weighted by molar-refractivity contribution is 5.66. The minimum atomic E-state index is -0.211. The topological polar surface area (TPSA) is 125 Å². The van der Waals surface area contributed by atoms with Gasteiger partial charge in [-0.15, -0.1) is 0 Å². The number of aromatic amines is 1. The standard InChI is InChI=1S/C27H29N9O2/c1-17-13-23(30-16-29-17)35-10-8-21-22(14-35)32-25(34-26(21)36-11-12-38-15-18(36)2)19-3-5-20(6-4-19)31-27-28-9-7-24(37)33-27/h3-7,9,13,16,18H,8,10-12,14-15H2,1-2H3,(H2,28,31,33,37)/t18-/m0/s1. The van der Waals surface area contributed by atoms with Gasteiger partial charge in [-0.25, -0.2) is 24.9 Å². The summed E-state index contributed by atoms with van der Waals surface area (Å²) in [5.74, 6) is 2.97. The lowest BCUT2D eigenvalue weighted by Gasteiger charge is -2.38. The van der Waals surface area contributed by atoms with Crippen LogP contribution in [-0.4, -0.2) is 62.2 Å². The number of rotatable bonds is 5. The molecule has 5 heterocycles. The van der Waals surface area contributed by atoms with Crippen LogP contribution in [0.25, 0.3) is 11.4 Å². The van der Waals surface area contributed by atoms with Crippen LogP contribution in [0.5, 0.6) is 0 Å². The highest BCUT2D eigenvalue weighted by atomic mass is 16.5. The van der Waals surface area contributed by atoms with Crippen LogP contribution in [0.2, 0.25) is 0 Å². The SMILES string of the molecule is Cc1cc(N2CCc3c(nc(-c4ccc(Nc5nccc(=O)[nH]5)cc4)nc3N3CCOC[C@@H]3C)C2)ncn1. The highest BCUT2D eigenvalue weighted by Gasteiger charge is 2.29. The maximum atomic E-state index is 11.6. The van der Waals surface area contributed by atoms with E-state index in [2.05, 4.69) is 42.0 Å². The van der Waals surface area contributed by atoms with E-state index in [9.17, 15) is 4.79 Å². The van der Waals surface area contributed by atoms with Gasteiger partial charge in [-0.2, -0.15) is 0 Å². The highest BCUT2D eigenvalue weighted by Crippen LogP contribution is 2.33. The number of ether oxygens (including phenoxy) is 1. The molecule has 38 heavy (non-hydrogen) atoms. The summed E-state index contributed by atoms with van der Waals surface area (Å²) in [5.41, 5.74) is 4.65. The monoisotopic (exact) mass is 511 g/mol. The van der Waals surface area contributed by atoms with Crippen molar-refractivity contribution < 1.29 is 4.74 Å². The van der Waals surface area contributed by atoms with Gasteiger partial charge in [0.15, 0.2) is 5.82 Å². The first-order valence-electron chi connectivity index (χ1n) is 12.7. The predicted molar refractivity (Wildman–Crippen MR) is 145 cm³/mol. The molecule has 11 heteroatoms. The lowest BCUT2D eigenvalue weighted by Crippen LogP contribution is -2.45. The minimum absolute atomic E-state index is 0.211. The molecule has 1 atom stereocenters. The molecule has 1 saturated heterocycles. The van der Waals surface area contributed by atoms with Crippen LogP contribution in [0.4, 0.5) is 23.3 Å². The lowest BCUT2D eigenvalue weighted by atomic mass is 10.0. The first kappa shape index (κ1) is 24.0. The molecule has 2 N–H and O–H groups in total. The summed E-state index contributed by atoms with van der Waals surface area (Å²) in [7, 11) is 0. The van der Waals surface area contributed by atoms with Gasteiger partial charge in [0.25, 0.3) is 5.56 Å². The quantitative estimate of drug-likeness (QED) is 0.413. The Labute approximate surface area is 220 Å². The molecule has 0 radical (unpaired) electrons. The van der Waals surface area contributed by atoms with Crippen LogP contribution in [0.3, 0.4) is 0 Å². The van der Waals surface area contributed by atoms with Crippen LogP contribution in [0.1, 0.15) is 23.9 Å². The summed E-state index contributed by atoms with van der Waals surface area (Å²) in [6, 6.07) is 11.4. The number of fused-ring (bicyclic) bond motifs is 1. The molecule has 11 nitrogen and oxygen atoms in total. The Morgan fingerprint density at radius 2 is 1.95 bits per heavy atom. The number of nitrogens with zero attached hydrogens (tertiary/aromatic N) is 7. The summed E-state index contributed by atoms with van der Waals surface area (Å²) in [5, 5.41) is 3.12. The summed E-state index contributed by atoms with van der Waals surface area (Å²) >= 11 is 0. The molecule has 2 aliphatic heterocycles. The van der Waals surface area contributed by atoms with Crippen molar-refractivity contribution in [3.63, 3.8) is 0 Å². The number of nitrogens with one attached hydrogen (secondary N) is 2. The molecule has 0 spiro atoms. The van der Waals surface area contributed by atoms with Crippen LogP contribution >= 0.6 is 0 Å². The van der Waals surface area contributed by atoms with Gasteiger partial charge < -0.3 is 19.9 Å². The van der Waals surface area contributed by atoms with Crippen molar-refractivity contribution in [1.82, 2.24) is 29.9 Å². The average Bonchev–Trinajstić information content (AvgIpc) is 2.93. The minimum Gasteiger partial charge on any atom is -0.377 e. The maximum absolute atomic E-state index is 11.6.